The van der Waals surface area contributed by atoms with Gasteiger partial charge in [0.2, 0.25) is 5.91 Å². The molecule has 0 bridgehead atoms. The molecule has 0 saturated carbocycles. The number of amides is 1. The Bertz CT molecular complexity index is 440. The fraction of sp³-hybridized carbons (Fsp3) is 0.500. The van der Waals surface area contributed by atoms with Crippen LogP contribution in [0.25, 0.3) is 0 Å². The molecule has 1 atom stereocenters. The number of carbonyl (C=O) groups excluding carboxylic acids is 1. The third-order valence-corrected chi connectivity index (χ3v) is 3.52. The van der Waals surface area contributed by atoms with E-state index >= 15 is 0 Å². The van der Waals surface area contributed by atoms with Gasteiger partial charge in [0.1, 0.15) is 6.04 Å². The lowest BCUT2D eigenvalue weighted by Crippen LogP contribution is -2.39. The van der Waals surface area contributed by atoms with Crippen molar-refractivity contribution in [2.24, 2.45) is 0 Å². The summed E-state index contributed by atoms with van der Waals surface area (Å²) in [5.41, 5.74) is 1.88. The quantitative estimate of drug-likeness (QED) is 0.709. The van der Waals surface area contributed by atoms with Crippen LogP contribution in [0.3, 0.4) is 0 Å². The molecule has 5 nitrogen and oxygen atoms in total. The molecule has 0 fully saturated rings. The van der Waals surface area contributed by atoms with Gasteiger partial charge >= 0.3 is 0 Å². The Kier molecular flexibility index (Phi) is 7.58. The van der Waals surface area contributed by atoms with Gasteiger partial charge in [-0.15, -0.1) is 0 Å². The largest absolute Gasteiger partial charge is 0.383 e. The third kappa shape index (κ3) is 5.11. The third-order valence-electron chi connectivity index (χ3n) is 2.78. The predicted molar refractivity (Wildman–Crippen MR) is 82.8 cm³/mol. The van der Waals surface area contributed by atoms with Crippen molar-refractivity contribution >= 4 is 27.5 Å². The van der Waals surface area contributed by atoms with Gasteiger partial charge in [-0.2, -0.15) is 0 Å². The number of benzene rings is 1. The molecule has 1 aromatic rings. The first-order chi connectivity index (χ1) is 9.60. The molecule has 112 valence electrons. The van der Waals surface area contributed by atoms with E-state index in [2.05, 4.69) is 26.6 Å². The molecule has 1 amide bonds. The molecule has 0 spiro atoms. The van der Waals surface area contributed by atoms with Crippen LogP contribution >= 0.6 is 15.9 Å². The minimum absolute atomic E-state index is 0.0645. The van der Waals surface area contributed by atoms with E-state index in [1.165, 1.54) is 0 Å². The van der Waals surface area contributed by atoms with Crippen LogP contribution in [0.4, 0.5) is 5.69 Å². The van der Waals surface area contributed by atoms with E-state index in [0.29, 0.717) is 19.8 Å². The number of hydrogen-bond acceptors (Lipinski definition) is 4. The highest BCUT2D eigenvalue weighted by Gasteiger charge is 2.14. The van der Waals surface area contributed by atoms with Crippen LogP contribution in [0.15, 0.2) is 22.7 Å². The second-order valence-electron chi connectivity index (χ2n) is 4.35. The Labute approximate surface area is 128 Å². The first-order valence-electron chi connectivity index (χ1n) is 6.39. The molecule has 0 aliphatic carbocycles. The maximum absolute atomic E-state index is 11.9. The van der Waals surface area contributed by atoms with Gasteiger partial charge in [-0.05, 0) is 19.1 Å². The van der Waals surface area contributed by atoms with Crippen molar-refractivity contribution < 1.29 is 14.3 Å². The first-order valence-corrected chi connectivity index (χ1v) is 7.19. The Hall–Kier alpha value is -1.11. The van der Waals surface area contributed by atoms with E-state index < -0.39 is 0 Å². The van der Waals surface area contributed by atoms with Gasteiger partial charge in [-0.1, -0.05) is 22.0 Å². The second-order valence-corrected chi connectivity index (χ2v) is 5.20. The molecule has 1 rings (SSSR count). The maximum Gasteiger partial charge on any atom is 0.242 e. The molecule has 0 aromatic heterocycles. The lowest BCUT2D eigenvalue weighted by Gasteiger charge is -2.18. The summed E-state index contributed by atoms with van der Waals surface area (Å²) >= 11 is 3.49. The van der Waals surface area contributed by atoms with Crippen molar-refractivity contribution in [1.82, 2.24) is 5.32 Å². The average Bonchev–Trinajstić information content (AvgIpc) is 2.42. The summed E-state index contributed by atoms with van der Waals surface area (Å²) in [6.45, 7) is 3.30. The summed E-state index contributed by atoms with van der Waals surface area (Å²) in [6.07, 6.45) is 0. The number of rotatable bonds is 8. The van der Waals surface area contributed by atoms with Gasteiger partial charge in [0.25, 0.3) is 0 Å². The number of ether oxygens (including phenoxy) is 2. The van der Waals surface area contributed by atoms with Crippen LogP contribution in [0.5, 0.6) is 0 Å². The molecule has 1 unspecified atom stereocenters. The average molecular weight is 345 g/mol. The van der Waals surface area contributed by atoms with Crippen molar-refractivity contribution in [3.8, 4) is 0 Å². The van der Waals surface area contributed by atoms with Crippen molar-refractivity contribution in [3.63, 3.8) is 0 Å². The number of hydrogen-bond donors (Lipinski definition) is 2. The molecule has 1 aromatic carbocycles. The SMILES string of the molecule is COCCNC(=O)C(C)Nc1cccc(Br)c1COC. The fourth-order valence-electron chi connectivity index (χ4n) is 1.71. The fourth-order valence-corrected chi connectivity index (χ4v) is 2.19. The zero-order chi connectivity index (χ0) is 15.0. The van der Waals surface area contributed by atoms with Crippen LogP contribution in [0, 0.1) is 0 Å². The number of nitrogens with one attached hydrogen (secondary N) is 2. The van der Waals surface area contributed by atoms with Crippen molar-refractivity contribution in [1.29, 1.82) is 0 Å². The monoisotopic (exact) mass is 344 g/mol. The Morgan fingerprint density at radius 2 is 2.10 bits per heavy atom. The Morgan fingerprint density at radius 1 is 1.35 bits per heavy atom. The molecule has 0 saturated heterocycles. The highest BCUT2D eigenvalue weighted by molar-refractivity contribution is 9.10. The standard InChI is InChI=1S/C14H21BrN2O3/c1-10(14(18)16-7-8-19-2)17-13-6-4-5-12(15)11(13)9-20-3/h4-6,10,17H,7-9H2,1-3H3,(H,16,18). The topological polar surface area (TPSA) is 59.6 Å². The number of anilines is 1. The van der Waals surface area contributed by atoms with Crippen LogP contribution < -0.4 is 10.6 Å². The van der Waals surface area contributed by atoms with E-state index in [1.54, 1.807) is 14.2 Å². The molecule has 0 aliphatic heterocycles. The van der Waals surface area contributed by atoms with Crippen LogP contribution in [-0.4, -0.2) is 39.3 Å². The van der Waals surface area contributed by atoms with Gasteiger partial charge in [-0.3, -0.25) is 4.79 Å². The zero-order valence-corrected chi connectivity index (χ0v) is 13.6. The van der Waals surface area contributed by atoms with Crippen LogP contribution in [0.2, 0.25) is 0 Å². The van der Waals surface area contributed by atoms with Crippen molar-refractivity contribution in [2.75, 3.05) is 32.7 Å². The van der Waals surface area contributed by atoms with Gasteiger partial charge in [0.15, 0.2) is 0 Å². The Balaban J connectivity index is 2.67. The Morgan fingerprint density at radius 3 is 2.75 bits per heavy atom. The van der Waals surface area contributed by atoms with E-state index in [4.69, 9.17) is 9.47 Å². The summed E-state index contributed by atoms with van der Waals surface area (Å²) in [6, 6.07) is 5.46. The van der Waals surface area contributed by atoms with E-state index in [9.17, 15) is 4.79 Å². The summed E-state index contributed by atoms with van der Waals surface area (Å²) in [7, 11) is 3.25. The van der Waals surface area contributed by atoms with Gasteiger partial charge in [0, 0.05) is 36.5 Å². The number of halogens is 1. The molecule has 0 heterocycles. The first kappa shape index (κ1) is 16.9. The normalized spacial score (nSPS) is 12.0. The molecule has 0 radical (unpaired) electrons. The molecule has 0 aliphatic rings. The maximum atomic E-state index is 11.9. The highest BCUT2D eigenvalue weighted by atomic mass is 79.9. The molecular formula is C14H21BrN2O3. The van der Waals surface area contributed by atoms with Crippen molar-refractivity contribution in [3.05, 3.63) is 28.2 Å². The molecule has 20 heavy (non-hydrogen) atoms. The lowest BCUT2D eigenvalue weighted by molar-refractivity contribution is -0.121. The molecular weight excluding hydrogens is 324 g/mol. The summed E-state index contributed by atoms with van der Waals surface area (Å²) in [4.78, 5) is 11.9. The molecule has 6 heteroatoms. The zero-order valence-electron chi connectivity index (χ0n) is 12.0. The van der Waals surface area contributed by atoms with Gasteiger partial charge in [0.05, 0.1) is 13.2 Å². The van der Waals surface area contributed by atoms with Crippen LogP contribution in [0.1, 0.15) is 12.5 Å². The van der Waals surface area contributed by atoms with E-state index in [-0.39, 0.29) is 11.9 Å². The van der Waals surface area contributed by atoms with E-state index in [0.717, 1.165) is 15.7 Å². The minimum atomic E-state index is -0.336. The minimum Gasteiger partial charge on any atom is -0.383 e. The summed E-state index contributed by atoms with van der Waals surface area (Å²) in [5.74, 6) is -0.0645. The second kappa shape index (κ2) is 8.94. The van der Waals surface area contributed by atoms with Crippen molar-refractivity contribution in [2.45, 2.75) is 19.6 Å². The smallest absolute Gasteiger partial charge is 0.242 e. The summed E-state index contributed by atoms with van der Waals surface area (Å²) in [5, 5.41) is 6.00. The van der Waals surface area contributed by atoms with Gasteiger partial charge in [-0.25, -0.2) is 0 Å². The number of methoxy groups -OCH3 is 2. The number of carbonyl (C=O) groups is 1. The van der Waals surface area contributed by atoms with Gasteiger partial charge < -0.3 is 20.1 Å². The highest BCUT2D eigenvalue weighted by Crippen LogP contribution is 2.26. The molecule has 2 N–H and O–H groups in total. The van der Waals surface area contributed by atoms with Crippen LogP contribution in [-0.2, 0) is 20.9 Å². The predicted octanol–water partition coefficient (Wildman–Crippen LogP) is 2.16. The lowest BCUT2D eigenvalue weighted by atomic mass is 10.1. The summed E-state index contributed by atoms with van der Waals surface area (Å²) < 4.78 is 11.0. The van der Waals surface area contributed by atoms with E-state index in [1.807, 2.05) is 25.1 Å².